The highest BCUT2D eigenvalue weighted by Crippen LogP contribution is 2.18. The lowest BCUT2D eigenvalue weighted by molar-refractivity contribution is 0.0752. The second-order valence-corrected chi connectivity index (χ2v) is 4.07. The third-order valence-electron chi connectivity index (χ3n) is 2.61. The predicted molar refractivity (Wildman–Crippen MR) is 65.2 cm³/mol. The Bertz CT molecular complexity index is 411. The smallest absolute Gasteiger partial charge is 0.256 e. The van der Waals surface area contributed by atoms with E-state index in [1.165, 1.54) is 24.1 Å². The summed E-state index contributed by atoms with van der Waals surface area (Å²) in [5.74, 6) is -0.298. The molecule has 0 N–H and O–H groups in total. The molecule has 94 valence electrons. The lowest BCUT2D eigenvalue weighted by atomic mass is 10.1. The second-order valence-electron chi connectivity index (χ2n) is 3.77. The number of benzene rings is 1. The van der Waals surface area contributed by atoms with Gasteiger partial charge < -0.3 is 9.64 Å². The molecule has 3 nitrogen and oxygen atoms in total. The van der Waals surface area contributed by atoms with E-state index < -0.39 is 11.7 Å². The van der Waals surface area contributed by atoms with Crippen LogP contribution in [-0.4, -0.2) is 36.9 Å². The predicted octanol–water partition coefficient (Wildman–Crippen LogP) is 2.53. The van der Waals surface area contributed by atoms with Gasteiger partial charge in [0.2, 0.25) is 0 Å². The molecule has 0 radical (unpaired) electrons. The van der Waals surface area contributed by atoms with Gasteiger partial charge in [0.15, 0.2) is 0 Å². The molecule has 0 spiro atoms. The van der Waals surface area contributed by atoms with Crippen molar-refractivity contribution in [3.05, 3.63) is 29.6 Å². The van der Waals surface area contributed by atoms with E-state index in [2.05, 4.69) is 0 Å². The summed E-state index contributed by atoms with van der Waals surface area (Å²) in [6.45, 7) is 1.80. The van der Waals surface area contributed by atoms with E-state index in [-0.39, 0.29) is 11.6 Å². The Morgan fingerprint density at radius 2 is 2.24 bits per heavy atom. The lowest BCUT2D eigenvalue weighted by Gasteiger charge is -2.23. The topological polar surface area (TPSA) is 29.5 Å². The van der Waals surface area contributed by atoms with E-state index in [4.69, 9.17) is 16.3 Å². The van der Waals surface area contributed by atoms with Crippen molar-refractivity contribution in [3.8, 4) is 5.75 Å². The van der Waals surface area contributed by atoms with E-state index in [1.807, 2.05) is 0 Å². The summed E-state index contributed by atoms with van der Waals surface area (Å²) in [6, 6.07) is 4.00. The first-order valence-corrected chi connectivity index (χ1v) is 5.71. The van der Waals surface area contributed by atoms with Gasteiger partial charge in [-0.3, -0.25) is 4.79 Å². The SMILES string of the molecule is COc1ccc(C(=O)N(C)C(C)CCl)c(F)c1. The Morgan fingerprint density at radius 3 is 2.71 bits per heavy atom. The number of carbonyl (C=O) groups is 1. The first-order chi connectivity index (χ1) is 8.01. The molecule has 1 atom stereocenters. The maximum Gasteiger partial charge on any atom is 0.256 e. The van der Waals surface area contributed by atoms with E-state index >= 15 is 0 Å². The zero-order valence-corrected chi connectivity index (χ0v) is 10.8. The minimum atomic E-state index is -0.594. The summed E-state index contributed by atoms with van der Waals surface area (Å²) < 4.78 is 18.5. The van der Waals surface area contributed by atoms with Gasteiger partial charge in [0.05, 0.1) is 12.7 Å². The minimum Gasteiger partial charge on any atom is -0.497 e. The van der Waals surface area contributed by atoms with Crippen LogP contribution >= 0.6 is 11.6 Å². The highest BCUT2D eigenvalue weighted by Gasteiger charge is 2.20. The van der Waals surface area contributed by atoms with Crippen molar-refractivity contribution in [2.45, 2.75) is 13.0 Å². The molecule has 1 aromatic carbocycles. The molecular formula is C12H15ClFNO2. The third-order valence-corrected chi connectivity index (χ3v) is 3.06. The van der Waals surface area contributed by atoms with Crippen LogP contribution in [0.15, 0.2) is 18.2 Å². The van der Waals surface area contributed by atoms with Crippen molar-refractivity contribution < 1.29 is 13.9 Å². The molecular weight excluding hydrogens is 245 g/mol. The van der Waals surface area contributed by atoms with E-state index in [0.29, 0.717) is 11.6 Å². The maximum absolute atomic E-state index is 13.7. The highest BCUT2D eigenvalue weighted by molar-refractivity contribution is 6.18. The third kappa shape index (κ3) is 3.09. The number of halogens is 2. The fourth-order valence-corrected chi connectivity index (χ4v) is 1.50. The van der Waals surface area contributed by atoms with E-state index in [1.54, 1.807) is 20.0 Å². The Morgan fingerprint density at radius 1 is 1.59 bits per heavy atom. The van der Waals surface area contributed by atoms with Crippen LogP contribution in [0.2, 0.25) is 0 Å². The Hall–Kier alpha value is -1.29. The number of rotatable bonds is 4. The van der Waals surface area contributed by atoms with Crippen molar-refractivity contribution in [1.29, 1.82) is 0 Å². The zero-order valence-electron chi connectivity index (χ0n) is 10.0. The van der Waals surface area contributed by atoms with Gasteiger partial charge in [-0.15, -0.1) is 11.6 Å². The van der Waals surface area contributed by atoms with Gasteiger partial charge in [0, 0.05) is 25.0 Å². The molecule has 5 heteroatoms. The van der Waals surface area contributed by atoms with E-state index in [0.717, 1.165) is 0 Å². The van der Waals surface area contributed by atoms with Gasteiger partial charge in [-0.05, 0) is 19.1 Å². The van der Waals surface area contributed by atoms with Crippen LogP contribution in [0.4, 0.5) is 4.39 Å². The largest absolute Gasteiger partial charge is 0.497 e. The molecule has 0 heterocycles. The van der Waals surface area contributed by atoms with Crippen LogP contribution in [0.25, 0.3) is 0 Å². The molecule has 0 saturated carbocycles. The van der Waals surface area contributed by atoms with Crippen LogP contribution in [0.3, 0.4) is 0 Å². The molecule has 0 fully saturated rings. The van der Waals surface area contributed by atoms with Crippen LogP contribution < -0.4 is 4.74 Å². The fraction of sp³-hybridized carbons (Fsp3) is 0.417. The van der Waals surface area contributed by atoms with Gasteiger partial charge >= 0.3 is 0 Å². The molecule has 0 aromatic heterocycles. The van der Waals surface area contributed by atoms with Gasteiger partial charge in [0.1, 0.15) is 11.6 Å². The van der Waals surface area contributed by atoms with E-state index in [9.17, 15) is 9.18 Å². The molecule has 1 unspecified atom stereocenters. The number of nitrogens with zero attached hydrogens (tertiary/aromatic N) is 1. The standard InChI is InChI=1S/C12H15ClFNO2/c1-8(7-13)15(2)12(16)10-5-4-9(17-3)6-11(10)14/h4-6,8H,7H2,1-3H3. The average Bonchev–Trinajstić information content (AvgIpc) is 2.35. The summed E-state index contributed by atoms with van der Waals surface area (Å²) in [7, 11) is 3.04. The normalized spacial score (nSPS) is 12.1. The zero-order chi connectivity index (χ0) is 13.0. The summed E-state index contributed by atoms with van der Waals surface area (Å²) in [4.78, 5) is 13.4. The number of hydrogen-bond donors (Lipinski definition) is 0. The number of methoxy groups -OCH3 is 1. The van der Waals surface area contributed by atoms with Crippen molar-refractivity contribution in [1.82, 2.24) is 4.90 Å². The molecule has 0 aliphatic heterocycles. The summed E-state index contributed by atoms with van der Waals surface area (Å²) in [5.41, 5.74) is 0.0188. The van der Waals surface area contributed by atoms with Crippen LogP contribution in [0.1, 0.15) is 17.3 Å². The molecule has 0 aliphatic rings. The Balaban J connectivity index is 2.96. The minimum absolute atomic E-state index is 0.0188. The second kappa shape index (κ2) is 5.87. The molecule has 1 amide bonds. The van der Waals surface area contributed by atoms with Crippen molar-refractivity contribution in [3.63, 3.8) is 0 Å². The summed E-state index contributed by atoms with van der Waals surface area (Å²) >= 11 is 5.66. The molecule has 1 rings (SSSR count). The number of alkyl halides is 1. The van der Waals surface area contributed by atoms with Crippen LogP contribution in [0.5, 0.6) is 5.75 Å². The monoisotopic (exact) mass is 259 g/mol. The quantitative estimate of drug-likeness (QED) is 0.778. The Labute approximate surface area is 105 Å². The van der Waals surface area contributed by atoms with Gasteiger partial charge in [-0.25, -0.2) is 4.39 Å². The fourth-order valence-electron chi connectivity index (χ4n) is 1.29. The van der Waals surface area contributed by atoms with Crippen molar-refractivity contribution >= 4 is 17.5 Å². The highest BCUT2D eigenvalue weighted by atomic mass is 35.5. The molecule has 0 saturated heterocycles. The summed E-state index contributed by atoms with van der Waals surface area (Å²) in [6.07, 6.45) is 0. The number of hydrogen-bond acceptors (Lipinski definition) is 2. The Kier molecular flexibility index (Phi) is 4.75. The molecule has 0 aliphatic carbocycles. The number of amides is 1. The summed E-state index contributed by atoms with van der Waals surface area (Å²) in [5, 5.41) is 0. The van der Waals surface area contributed by atoms with Gasteiger partial charge in [0.25, 0.3) is 5.91 Å². The maximum atomic E-state index is 13.7. The number of carbonyl (C=O) groups excluding carboxylic acids is 1. The van der Waals surface area contributed by atoms with Gasteiger partial charge in [-0.2, -0.15) is 0 Å². The van der Waals surface area contributed by atoms with Crippen LogP contribution in [-0.2, 0) is 0 Å². The van der Waals surface area contributed by atoms with Gasteiger partial charge in [-0.1, -0.05) is 0 Å². The van der Waals surface area contributed by atoms with Crippen LogP contribution in [0, 0.1) is 5.82 Å². The van der Waals surface area contributed by atoms with Crippen molar-refractivity contribution in [2.24, 2.45) is 0 Å². The lowest BCUT2D eigenvalue weighted by Crippen LogP contribution is -2.36. The first-order valence-electron chi connectivity index (χ1n) is 5.18. The molecule has 0 bridgehead atoms. The first kappa shape index (κ1) is 13.8. The average molecular weight is 260 g/mol. The van der Waals surface area contributed by atoms with Crippen molar-refractivity contribution in [2.75, 3.05) is 20.0 Å². The number of ether oxygens (including phenoxy) is 1. The molecule has 17 heavy (non-hydrogen) atoms. The molecule has 1 aromatic rings.